The molecule has 1 amide bonds. The Bertz CT molecular complexity index is 966. The van der Waals surface area contributed by atoms with Gasteiger partial charge in [0.25, 0.3) is 0 Å². The van der Waals surface area contributed by atoms with Crippen LogP contribution in [0.3, 0.4) is 0 Å². The van der Waals surface area contributed by atoms with Crippen molar-refractivity contribution in [2.45, 2.75) is 64.5 Å². The lowest BCUT2D eigenvalue weighted by molar-refractivity contribution is -0.125. The van der Waals surface area contributed by atoms with Gasteiger partial charge in [-0.25, -0.2) is 4.98 Å². The molecule has 0 radical (unpaired) electrons. The van der Waals surface area contributed by atoms with Gasteiger partial charge in [0.2, 0.25) is 11.9 Å². The van der Waals surface area contributed by atoms with Crippen molar-refractivity contribution in [3.63, 3.8) is 0 Å². The van der Waals surface area contributed by atoms with E-state index in [9.17, 15) is 4.79 Å². The second-order valence-corrected chi connectivity index (χ2v) is 9.65. The molecule has 0 bridgehead atoms. The van der Waals surface area contributed by atoms with Gasteiger partial charge in [-0.05, 0) is 50.7 Å². The van der Waals surface area contributed by atoms with E-state index in [1.54, 1.807) is 4.90 Å². The van der Waals surface area contributed by atoms with E-state index in [0.29, 0.717) is 18.5 Å². The molecule has 158 valence electrons. The van der Waals surface area contributed by atoms with Crippen LogP contribution in [0.25, 0.3) is 0 Å². The van der Waals surface area contributed by atoms with Gasteiger partial charge in [-0.2, -0.15) is 4.98 Å². The summed E-state index contributed by atoms with van der Waals surface area (Å²) < 4.78 is 0. The molecular weight excluding hydrogens is 374 g/mol. The molecule has 1 N–H and O–H groups in total. The van der Waals surface area contributed by atoms with Crippen LogP contribution >= 0.6 is 0 Å². The Hall–Kier alpha value is -2.63. The third kappa shape index (κ3) is 3.22. The summed E-state index contributed by atoms with van der Waals surface area (Å²) in [6, 6.07) is 9.29. The molecule has 5 rings (SSSR count). The molecule has 0 spiro atoms. The summed E-state index contributed by atoms with van der Waals surface area (Å²) in [4.78, 5) is 26.9. The first kappa shape index (κ1) is 19.3. The summed E-state index contributed by atoms with van der Waals surface area (Å²) in [5, 5.41) is 3.57. The van der Waals surface area contributed by atoms with Crippen molar-refractivity contribution in [1.29, 1.82) is 0 Å². The lowest BCUT2D eigenvalue weighted by Gasteiger charge is -2.34. The molecular formula is C24H31N5O. The normalized spacial score (nSPS) is 23.3. The number of benzene rings is 1. The zero-order valence-corrected chi connectivity index (χ0v) is 18.2. The van der Waals surface area contributed by atoms with E-state index in [-0.39, 0.29) is 11.9 Å². The predicted octanol–water partition coefficient (Wildman–Crippen LogP) is 4.33. The third-order valence-corrected chi connectivity index (χ3v) is 7.03. The number of carbonyl (C=O) groups excluding carboxylic acids is 1. The number of nitrogens with zero attached hydrogens (tertiary/aromatic N) is 4. The van der Waals surface area contributed by atoms with Crippen molar-refractivity contribution in [1.82, 2.24) is 9.97 Å². The van der Waals surface area contributed by atoms with Crippen LogP contribution in [0.15, 0.2) is 30.5 Å². The van der Waals surface area contributed by atoms with E-state index in [1.165, 1.54) is 24.0 Å². The zero-order valence-electron chi connectivity index (χ0n) is 18.2. The Morgan fingerprint density at radius 1 is 1.13 bits per heavy atom. The van der Waals surface area contributed by atoms with E-state index in [1.807, 2.05) is 27.1 Å². The molecule has 1 aliphatic heterocycles. The van der Waals surface area contributed by atoms with Crippen molar-refractivity contribution in [3.05, 3.63) is 41.6 Å². The maximum atomic E-state index is 13.1. The van der Waals surface area contributed by atoms with E-state index >= 15 is 0 Å². The van der Waals surface area contributed by atoms with Crippen LogP contribution in [-0.4, -0.2) is 35.5 Å². The molecule has 1 atom stereocenters. The van der Waals surface area contributed by atoms with E-state index in [4.69, 9.17) is 4.98 Å². The van der Waals surface area contributed by atoms with Crippen LogP contribution in [0.4, 0.5) is 17.5 Å². The summed E-state index contributed by atoms with van der Waals surface area (Å²) >= 11 is 0. The SMILES string of the molecule is CN1C(=O)C(C)(C)CN(C2CCCC2)c2nc(NC3CCc4ccccc43)ncc21. The maximum absolute atomic E-state index is 13.1. The predicted molar refractivity (Wildman–Crippen MR) is 120 cm³/mol. The molecule has 6 heteroatoms. The van der Waals surface area contributed by atoms with Crippen molar-refractivity contribution >= 4 is 23.4 Å². The maximum Gasteiger partial charge on any atom is 0.234 e. The summed E-state index contributed by atoms with van der Waals surface area (Å²) in [5.41, 5.74) is 3.10. The van der Waals surface area contributed by atoms with E-state index in [0.717, 1.165) is 37.2 Å². The summed E-state index contributed by atoms with van der Waals surface area (Å²) in [5.74, 6) is 1.67. The smallest absolute Gasteiger partial charge is 0.234 e. The summed E-state index contributed by atoms with van der Waals surface area (Å²) in [7, 11) is 1.85. The Morgan fingerprint density at radius 2 is 1.90 bits per heavy atom. The Kier molecular flexibility index (Phi) is 4.68. The molecule has 1 saturated carbocycles. The standard InChI is InChI=1S/C24H31N5O/c1-24(2)15-29(17-9-5-6-10-17)21-20(28(3)22(24)30)14-25-23(27-21)26-19-13-12-16-8-4-7-11-18(16)19/h4,7-8,11,14,17,19H,5-6,9-10,12-13,15H2,1-3H3,(H,25,26,27). The molecule has 1 aromatic carbocycles. The van der Waals surface area contributed by atoms with Crippen LogP contribution in [-0.2, 0) is 11.2 Å². The highest BCUT2D eigenvalue weighted by Gasteiger charge is 2.41. The minimum absolute atomic E-state index is 0.123. The van der Waals surface area contributed by atoms with Gasteiger partial charge in [0.05, 0.1) is 17.7 Å². The highest BCUT2D eigenvalue weighted by atomic mass is 16.2. The summed E-state index contributed by atoms with van der Waals surface area (Å²) in [6.07, 6.45) is 8.78. The highest BCUT2D eigenvalue weighted by Crippen LogP contribution is 2.41. The first-order valence-corrected chi connectivity index (χ1v) is 11.2. The fourth-order valence-electron chi connectivity index (χ4n) is 5.40. The number of hydrogen-bond donors (Lipinski definition) is 1. The number of hydrogen-bond acceptors (Lipinski definition) is 5. The van der Waals surface area contributed by atoms with Crippen molar-refractivity contribution < 1.29 is 4.79 Å². The van der Waals surface area contributed by atoms with Crippen molar-refractivity contribution in [2.75, 3.05) is 28.7 Å². The second kappa shape index (κ2) is 7.25. The van der Waals surface area contributed by atoms with Crippen LogP contribution in [0, 0.1) is 5.41 Å². The van der Waals surface area contributed by atoms with Crippen molar-refractivity contribution in [3.8, 4) is 0 Å². The Labute approximate surface area is 178 Å². The Balaban J connectivity index is 1.51. The fraction of sp³-hybridized carbons (Fsp3) is 0.542. The van der Waals surface area contributed by atoms with Crippen LogP contribution < -0.4 is 15.1 Å². The van der Waals surface area contributed by atoms with Crippen LogP contribution in [0.1, 0.15) is 63.1 Å². The first-order chi connectivity index (χ1) is 14.4. The van der Waals surface area contributed by atoms with Gasteiger partial charge in [0, 0.05) is 19.6 Å². The first-order valence-electron chi connectivity index (χ1n) is 11.2. The lowest BCUT2D eigenvalue weighted by atomic mass is 9.91. The van der Waals surface area contributed by atoms with Crippen LogP contribution in [0.5, 0.6) is 0 Å². The molecule has 3 aliphatic rings. The number of amides is 1. The number of anilines is 3. The minimum atomic E-state index is -0.462. The number of carbonyl (C=O) groups is 1. The van der Waals surface area contributed by atoms with E-state index < -0.39 is 5.41 Å². The largest absolute Gasteiger partial charge is 0.351 e. The minimum Gasteiger partial charge on any atom is -0.351 e. The molecule has 2 aliphatic carbocycles. The molecule has 1 unspecified atom stereocenters. The van der Waals surface area contributed by atoms with Gasteiger partial charge in [-0.3, -0.25) is 4.79 Å². The fourth-order valence-corrected chi connectivity index (χ4v) is 5.40. The van der Waals surface area contributed by atoms with Gasteiger partial charge in [0.15, 0.2) is 5.82 Å². The van der Waals surface area contributed by atoms with Gasteiger partial charge < -0.3 is 15.1 Å². The molecule has 30 heavy (non-hydrogen) atoms. The third-order valence-electron chi connectivity index (χ3n) is 7.03. The topological polar surface area (TPSA) is 61.4 Å². The molecule has 2 aromatic rings. The van der Waals surface area contributed by atoms with Gasteiger partial charge >= 0.3 is 0 Å². The monoisotopic (exact) mass is 405 g/mol. The molecule has 1 fully saturated rings. The number of aryl methyl sites for hydroxylation is 1. The van der Waals surface area contributed by atoms with Gasteiger partial charge in [-0.1, -0.05) is 37.1 Å². The van der Waals surface area contributed by atoms with Crippen molar-refractivity contribution in [2.24, 2.45) is 5.41 Å². The molecule has 6 nitrogen and oxygen atoms in total. The van der Waals surface area contributed by atoms with E-state index in [2.05, 4.69) is 39.5 Å². The molecule has 0 saturated heterocycles. The van der Waals surface area contributed by atoms with Gasteiger partial charge in [-0.15, -0.1) is 0 Å². The van der Waals surface area contributed by atoms with Crippen LogP contribution in [0.2, 0.25) is 0 Å². The average molecular weight is 406 g/mol. The zero-order chi connectivity index (χ0) is 20.9. The lowest BCUT2D eigenvalue weighted by Crippen LogP contribution is -2.45. The highest BCUT2D eigenvalue weighted by molar-refractivity contribution is 6.00. The number of nitrogens with one attached hydrogen (secondary N) is 1. The number of aromatic nitrogens is 2. The molecule has 2 heterocycles. The molecule has 1 aromatic heterocycles. The second-order valence-electron chi connectivity index (χ2n) is 9.65. The summed E-state index contributed by atoms with van der Waals surface area (Å²) in [6.45, 7) is 4.78. The number of fused-ring (bicyclic) bond motifs is 2. The average Bonchev–Trinajstić information content (AvgIpc) is 3.40. The van der Waals surface area contributed by atoms with Gasteiger partial charge in [0.1, 0.15) is 5.69 Å². The Morgan fingerprint density at radius 3 is 2.70 bits per heavy atom. The number of rotatable bonds is 3. The quantitative estimate of drug-likeness (QED) is 0.824.